The highest BCUT2D eigenvalue weighted by atomic mass is 16.3. The van der Waals surface area contributed by atoms with E-state index in [9.17, 15) is 14.7 Å². The molecule has 0 fully saturated rings. The van der Waals surface area contributed by atoms with Gasteiger partial charge < -0.3 is 15.5 Å². The van der Waals surface area contributed by atoms with Crippen LogP contribution >= 0.6 is 0 Å². The monoisotopic (exact) mass is 226 g/mol. The van der Waals surface area contributed by atoms with Crippen molar-refractivity contribution in [1.82, 2.24) is 10.3 Å². The molecule has 1 unspecified atom stereocenters. The molecule has 0 spiro atoms. The van der Waals surface area contributed by atoms with Crippen LogP contribution in [0, 0.1) is 0 Å². The van der Waals surface area contributed by atoms with Crippen molar-refractivity contribution < 1.29 is 15.0 Å². The standard InChI is InChI=1S/C10H14N2O4/c1-2-7(13)5-11-10(16)6-3-8(14)12-9(15)4-6/h3-4,7,13H,2,5H2,1H3,(H,11,16)(H2,12,14,15). The summed E-state index contributed by atoms with van der Waals surface area (Å²) in [6.07, 6.45) is -0.0829. The van der Waals surface area contributed by atoms with Gasteiger partial charge in [-0.05, 0) is 6.42 Å². The molecule has 1 atom stereocenters. The number of carbonyl (C=O) groups is 1. The fourth-order valence-corrected chi connectivity index (χ4v) is 1.12. The molecule has 6 nitrogen and oxygen atoms in total. The predicted molar refractivity (Wildman–Crippen MR) is 57.4 cm³/mol. The van der Waals surface area contributed by atoms with E-state index in [-0.39, 0.29) is 18.0 Å². The summed E-state index contributed by atoms with van der Waals surface area (Å²) in [6, 6.07) is 2.22. The number of aromatic amines is 1. The van der Waals surface area contributed by atoms with Gasteiger partial charge in [0.25, 0.3) is 11.5 Å². The Labute approximate surface area is 91.9 Å². The molecule has 4 N–H and O–H groups in total. The molecule has 1 amide bonds. The van der Waals surface area contributed by atoms with Crippen LogP contribution in [-0.4, -0.2) is 33.8 Å². The zero-order chi connectivity index (χ0) is 12.1. The first-order valence-electron chi connectivity index (χ1n) is 4.92. The number of aromatic nitrogens is 1. The van der Waals surface area contributed by atoms with E-state index in [1.807, 2.05) is 0 Å². The predicted octanol–water partition coefficient (Wildman–Crippen LogP) is -0.419. The van der Waals surface area contributed by atoms with E-state index >= 15 is 0 Å². The highest BCUT2D eigenvalue weighted by molar-refractivity contribution is 5.94. The van der Waals surface area contributed by atoms with Crippen LogP contribution in [0.5, 0.6) is 5.88 Å². The second-order valence-corrected chi connectivity index (χ2v) is 3.39. The second-order valence-electron chi connectivity index (χ2n) is 3.39. The Morgan fingerprint density at radius 3 is 2.81 bits per heavy atom. The van der Waals surface area contributed by atoms with Crippen molar-refractivity contribution in [3.8, 4) is 5.88 Å². The molecular formula is C10H14N2O4. The van der Waals surface area contributed by atoms with E-state index in [1.165, 1.54) is 0 Å². The first-order chi connectivity index (χ1) is 7.52. The number of nitrogens with one attached hydrogen (secondary N) is 2. The van der Waals surface area contributed by atoms with Gasteiger partial charge in [-0.3, -0.25) is 14.6 Å². The topological polar surface area (TPSA) is 102 Å². The SMILES string of the molecule is CCC(O)CNC(=O)c1cc(O)[nH]c(=O)c1. The van der Waals surface area contributed by atoms with Crippen molar-refractivity contribution in [3.63, 3.8) is 0 Å². The van der Waals surface area contributed by atoms with E-state index < -0.39 is 17.6 Å². The maximum Gasteiger partial charge on any atom is 0.251 e. The lowest BCUT2D eigenvalue weighted by molar-refractivity contribution is 0.0913. The van der Waals surface area contributed by atoms with Crippen molar-refractivity contribution in [2.24, 2.45) is 0 Å². The van der Waals surface area contributed by atoms with Crippen LogP contribution in [0.3, 0.4) is 0 Å². The van der Waals surface area contributed by atoms with E-state index in [1.54, 1.807) is 6.92 Å². The molecule has 0 aliphatic carbocycles. The van der Waals surface area contributed by atoms with Gasteiger partial charge in [-0.25, -0.2) is 0 Å². The average Bonchev–Trinajstić information content (AvgIpc) is 2.23. The molecule has 0 bridgehead atoms. The Morgan fingerprint density at radius 2 is 2.25 bits per heavy atom. The molecule has 0 aliphatic rings. The zero-order valence-corrected chi connectivity index (χ0v) is 8.86. The van der Waals surface area contributed by atoms with Crippen molar-refractivity contribution in [3.05, 3.63) is 28.0 Å². The number of carbonyl (C=O) groups excluding carboxylic acids is 1. The first kappa shape index (κ1) is 12.3. The molecule has 0 saturated heterocycles. The summed E-state index contributed by atoms with van der Waals surface area (Å²) in [5, 5.41) is 20.8. The summed E-state index contributed by atoms with van der Waals surface area (Å²) >= 11 is 0. The molecular weight excluding hydrogens is 212 g/mol. The lowest BCUT2D eigenvalue weighted by atomic mass is 10.2. The molecule has 1 heterocycles. The number of rotatable bonds is 4. The molecule has 0 aliphatic heterocycles. The van der Waals surface area contributed by atoms with Crippen LogP contribution in [0.15, 0.2) is 16.9 Å². The van der Waals surface area contributed by atoms with Crippen molar-refractivity contribution >= 4 is 5.91 Å². The number of aliphatic hydroxyl groups is 1. The van der Waals surface area contributed by atoms with Gasteiger partial charge in [0.15, 0.2) is 5.88 Å². The quantitative estimate of drug-likeness (QED) is 0.560. The largest absolute Gasteiger partial charge is 0.494 e. The molecule has 1 aromatic heterocycles. The molecule has 6 heteroatoms. The van der Waals surface area contributed by atoms with Gasteiger partial charge in [0.05, 0.1) is 11.7 Å². The molecule has 88 valence electrons. The van der Waals surface area contributed by atoms with Crippen LogP contribution in [0.4, 0.5) is 0 Å². The van der Waals surface area contributed by atoms with E-state index in [2.05, 4.69) is 10.3 Å². The highest BCUT2D eigenvalue weighted by Crippen LogP contribution is 2.03. The molecule has 1 rings (SSSR count). The number of aliphatic hydroxyl groups excluding tert-OH is 1. The van der Waals surface area contributed by atoms with Gasteiger partial charge in [-0.15, -0.1) is 0 Å². The summed E-state index contributed by atoms with van der Waals surface area (Å²) in [6.45, 7) is 1.90. The van der Waals surface area contributed by atoms with Crippen LogP contribution < -0.4 is 10.9 Å². The fraction of sp³-hybridized carbons (Fsp3) is 0.400. The molecule has 0 saturated carbocycles. The third-order valence-corrected chi connectivity index (χ3v) is 2.06. The van der Waals surface area contributed by atoms with E-state index in [4.69, 9.17) is 5.11 Å². The number of amides is 1. The maximum absolute atomic E-state index is 11.5. The summed E-state index contributed by atoms with van der Waals surface area (Å²) in [4.78, 5) is 24.6. The number of hydrogen-bond acceptors (Lipinski definition) is 4. The average molecular weight is 226 g/mol. The number of hydrogen-bond donors (Lipinski definition) is 4. The molecule has 1 aromatic rings. The van der Waals surface area contributed by atoms with Crippen LogP contribution in [0.2, 0.25) is 0 Å². The summed E-state index contributed by atoms with van der Waals surface area (Å²) in [5.74, 6) is -0.873. The van der Waals surface area contributed by atoms with E-state index in [0.717, 1.165) is 12.1 Å². The van der Waals surface area contributed by atoms with Crippen LogP contribution in [-0.2, 0) is 0 Å². The minimum Gasteiger partial charge on any atom is -0.494 e. The second kappa shape index (κ2) is 5.32. The zero-order valence-electron chi connectivity index (χ0n) is 8.86. The van der Waals surface area contributed by atoms with E-state index in [0.29, 0.717) is 6.42 Å². The fourth-order valence-electron chi connectivity index (χ4n) is 1.12. The third kappa shape index (κ3) is 3.39. The summed E-state index contributed by atoms with van der Waals surface area (Å²) in [5.41, 5.74) is -0.495. The van der Waals surface area contributed by atoms with Crippen LogP contribution in [0.25, 0.3) is 0 Å². The van der Waals surface area contributed by atoms with Gasteiger partial charge in [0.2, 0.25) is 0 Å². The minimum atomic E-state index is -0.612. The van der Waals surface area contributed by atoms with Crippen molar-refractivity contribution in [2.45, 2.75) is 19.4 Å². The van der Waals surface area contributed by atoms with Gasteiger partial charge in [-0.2, -0.15) is 0 Å². The van der Waals surface area contributed by atoms with Crippen molar-refractivity contribution in [2.75, 3.05) is 6.54 Å². The number of pyridine rings is 1. The summed E-state index contributed by atoms with van der Waals surface area (Å²) in [7, 11) is 0. The number of aromatic hydroxyl groups is 1. The normalized spacial score (nSPS) is 12.1. The van der Waals surface area contributed by atoms with Gasteiger partial charge in [-0.1, -0.05) is 6.92 Å². The third-order valence-electron chi connectivity index (χ3n) is 2.06. The van der Waals surface area contributed by atoms with Crippen LogP contribution in [0.1, 0.15) is 23.7 Å². The van der Waals surface area contributed by atoms with Gasteiger partial charge in [0, 0.05) is 18.7 Å². The maximum atomic E-state index is 11.5. The molecule has 16 heavy (non-hydrogen) atoms. The Morgan fingerprint density at radius 1 is 1.56 bits per heavy atom. The Kier molecular flexibility index (Phi) is 4.07. The summed E-state index contributed by atoms with van der Waals surface area (Å²) < 4.78 is 0. The molecule has 0 radical (unpaired) electrons. The van der Waals surface area contributed by atoms with Crippen molar-refractivity contribution in [1.29, 1.82) is 0 Å². The Bertz CT molecular complexity index is 427. The minimum absolute atomic E-state index is 0.0598. The lowest BCUT2D eigenvalue weighted by Crippen LogP contribution is -2.32. The number of H-pyrrole nitrogens is 1. The Balaban J connectivity index is 2.69. The first-order valence-corrected chi connectivity index (χ1v) is 4.92. The van der Waals surface area contributed by atoms with Gasteiger partial charge >= 0.3 is 0 Å². The smallest absolute Gasteiger partial charge is 0.251 e. The lowest BCUT2D eigenvalue weighted by Gasteiger charge is -2.09. The van der Waals surface area contributed by atoms with Gasteiger partial charge in [0.1, 0.15) is 0 Å². The Hall–Kier alpha value is -1.82. The molecule has 0 aromatic carbocycles. The highest BCUT2D eigenvalue weighted by Gasteiger charge is 2.09.